The van der Waals surface area contributed by atoms with Gasteiger partial charge in [-0.05, 0) is 28.8 Å². The smallest absolute Gasteiger partial charge is 0.144 e. The van der Waals surface area contributed by atoms with Crippen LogP contribution in [-0.2, 0) is 11.3 Å². The Labute approximate surface area is 115 Å². The van der Waals surface area contributed by atoms with Gasteiger partial charge in [-0.3, -0.25) is 0 Å². The van der Waals surface area contributed by atoms with E-state index in [0.29, 0.717) is 17.2 Å². The second-order valence-electron chi connectivity index (χ2n) is 4.49. The van der Waals surface area contributed by atoms with Crippen LogP contribution in [0, 0.1) is 4.64 Å². The van der Waals surface area contributed by atoms with Gasteiger partial charge >= 0.3 is 0 Å². The lowest BCUT2D eigenvalue weighted by Crippen LogP contribution is -2.11. The molecular formula is C12H17BrN2OS. The number of aromatic nitrogens is 2. The molecule has 1 heterocycles. The van der Waals surface area contributed by atoms with Crippen molar-refractivity contribution in [3.05, 3.63) is 20.6 Å². The predicted octanol–water partition coefficient (Wildman–Crippen LogP) is 4.10. The van der Waals surface area contributed by atoms with Crippen molar-refractivity contribution in [1.82, 2.24) is 9.97 Å². The molecular weight excluding hydrogens is 300 g/mol. The van der Waals surface area contributed by atoms with Crippen LogP contribution in [0.1, 0.15) is 49.5 Å². The highest BCUT2D eigenvalue weighted by molar-refractivity contribution is 9.10. The standard InChI is InChI=1S/C12H17BrN2OS/c1-16-7-9-10(13)12(17)15-11(14-9)8-5-3-2-4-6-8/h8H,2-7H2,1H3,(H,14,15,17). The van der Waals surface area contributed by atoms with Gasteiger partial charge in [-0.2, -0.15) is 0 Å². The summed E-state index contributed by atoms with van der Waals surface area (Å²) in [5, 5.41) is 0. The molecule has 1 aliphatic rings. The molecule has 0 aliphatic heterocycles. The monoisotopic (exact) mass is 316 g/mol. The van der Waals surface area contributed by atoms with Gasteiger partial charge in [0, 0.05) is 13.0 Å². The highest BCUT2D eigenvalue weighted by atomic mass is 79.9. The summed E-state index contributed by atoms with van der Waals surface area (Å²) in [5.74, 6) is 1.57. The zero-order valence-corrected chi connectivity index (χ0v) is 12.4. The van der Waals surface area contributed by atoms with E-state index in [1.807, 2.05) is 0 Å². The predicted molar refractivity (Wildman–Crippen MR) is 73.7 cm³/mol. The Morgan fingerprint density at radius 3 is 2.76 bits per heavy atom. The maximum Gasteiger partial charge on any atom is 0.144 e. The van der Waals surface area contributed by atoms with Crippen molar-refractivity contribution in [3.63, 3.8) is 0 Å². The molecule has 17 heavy (non-hydrogen) atoms. The number of nitrogens with one attached hydrogen (secondary N) is 1. The lowest BCUT2D eigenvalue weighted by Gasteiger charge is -2.21. The molecule has 0 spiro atoms. The Balaban J connectivity index is 2.30. The normalized spacial score (nSPS) is 17.3. The largest absolute Gasteiger partial charge is 0.378 e. The van der Waals surface area contributed by atoms with E-state index in [9.17, 15) is 0 Å². The number of hydrogen-bond acceptors (Lipinski definition) is 3. The number of aromatic amines is 1. The van der Waals surface area contributed by atoms with Crippen molar-refractivity contribution in [1.29, 1.82) is 0 Å². The molecule has 94 valence electrons. The van der Waals surface area contributed by atoms with Crippen molar-refractivity contribution in [2.45, 2.75) is 44.6 Å². The minimum absolute atomic E-state index is 0.534. The highest BCUT2D eigenvalue weighted by Crippen LogP contribution is 2.31. The third-order valence-electron chi connectivity index (χ3n) is 3.23. The summed E-state index contributed by atoms with van der Waals surface area (Å²) in [6.07, 6.45) is 6.36. The van der Waals surface area contributed by atoms with Crippen LogP contribution < -0.4 is 0 Å². The highest BCUT2D eigenvalue weighted by Gasteiger charge is 2.18. The molecule has 1 aliphatic carbocycles. The number of ether oxygens (including phenoxy) is 1. The first-order chi connectivity index (χ1) is 8.22. The molecule has 0 atom stereocenters. The molecule has 0 saturated heterocycles. The molecule has 1 aromatic rings. The quantitative estimate of drug-likeness (QED) is 0.853. The van der Waals surface area contributed by atoms with Gasteiger partial charge in [0.1, 0.15) is 10.5 Å². The van der Waals surface area contributed by atoms with Gasteiger partial charge in [0.25, 0.3) is 0 Å². The van der Waals surface area contributed by atoms with Crippen LogP contribution in [0.4, 0.5) is 0 Å². The Morgan fingerprint density at radius 1 is 1.41 bits per heavy atom. The summed E-state index contributed by atoms with van der Waals surface area (Å²) in [4.78, 5) is 7.87. The van der Waals surface area contributed by atoms with Crippen molar-refractivity contribution in [3.8, 4) is 0 Å². The molecule has 0 bridgehead atoms. The molecule has 1 aromatic heterocycles. The SMILES string of the molecule is COCc1[nH]c(C2CCCCC2)nc(=S)c1Br. The lowest BCUT2D eigenvalue weighted by atomic mass is 9.88. The van der Waals surface area contributed by atoms with E-state index in [1.165, 1.54) is 32.1 Å². The van der Waals surface area contributed by atoms with Crippen LogP contribution in [0.15, 0.2) is 4.47 Å². The van der Waals surface area contributed by atoms with Gasteiger partial charge in [0.15, 0.2) is 0 Å². The molecule has 1 N–H and O–H groups in total. The summed E-state index contributed by atoms with van der Waals surface area (Å²) in [6, 6.07) is 0. The second kappa shape index (κ2) is 6.07. The van der Waals surface area contributed by atoms with Crippen molar-refractivity contribution in [2.75, 3.05) is 7.11 Å². The number of methoxy groups -OCH3 is 1. The first-order valence-corrected chi connectivity index (χ1v) is 7.20. The van der Waals surface area contributed by atoms with Crippen molar-refractivity contribution >= 4 is 28.1 Å². The fourth-order valence-electron chi connectivity index (χ4n) is 2.34. The zero-order chi connectivity index (χ0) is 12.3. The Bertz CT molecular complexity index is 441. The summed E-state index contributed by atoms with van der Waals surface area (Å²) < 4.78 is 6.66. The first kappa shape index (κ1) is 13.2. The van der Waals surface area contributed by atoms with E-state index in [2.05, 4.69) is 25.9 Å². The lowest BCUT2D eigenvalue weighted by molar-refractivity contribution is 0.180. The van der Waals surface area contributed by atoms with Crippen LogP contribution in [0.3, 0.4) is 0 Å². The maximum absolute atomic E-state index is 5.28. The molecule has 0 unspecified atom stereocenters. The van der Waals surface area contributed by atoms with Crippen molar-refractivity contribution in [2.24, 2.45) is 0 Å². The average molecular weight is 317 g/mol. The summed E-state index contributed by atoms with van der Waals surface area (Å²) in [6.45, 7) is 0.534. The number of halogens is 1. The topological polar surface area (TPSA) is 37.9 Å². The number of nitrogens with zero attached hydrogens (tertiary/aromatic N) is 1. The summed E-state index contributed by atoms with van der Waals surface area (Å²) in [5.41, 5.74) is 0.994. The molecule has 0 amide bonds. The third kappa shape index (κ3) is 3.14. The zero-order valence-electron chi connectivity index (χ0n) is 9.96. The third-order valence-corrected chi connectivity index (χ3v) is 4.65. The Kier molecular flexibility index (Phi) is 4.70. The molecule has 2 rings (SSSR count). The van der Waals surface area contributed by atoms with Gasteiger partial charge < -0.3 is 9.72 Å². The number of hydrogen-bond donors (Lipinski definition) is 1. The first-order valence-electron chi connectivity index (χ1n) is 6.00. The Hall–Kier alpha value is -0.260. The minimum Gasteiger partial charge on any atom is -0.378 e. The van der Waals surface area contributed by atoms with Gasteiger partial charge in [0.05, 0.1) is 16.8 Å². The molecule has 0 aromatic carbocycles. The van der Waals surface area contributed by atoms with Gasteiger partial charge in [-0.15, -0.1) is 0 Å². The van der Waals surface area contributed by atoms with E-state index >= 15 is 0 Å². The molecule has 3 nitrogen and oxygen atoms in total. The second-order valence-corrected chi connectivity index (χ2v) is 5.67. The Morgan fingerprint density at radius 2 is 2.12 bits per heavy atom. The van der Waals surface area contributed by atoms with Crippen LogP contribution >= 0.6 is 28.1 Å². The van der Waals surface area contributed by atoms with Gasteiger partial charge in [0.2, 0.25) is 0 Å². The van der Waals surface area contributed by atoms with E-state index in [1.54, 1.807) is 7.11 Å². The fourth-order valence-corrected chi connectivity index (χ4v) is 2.86. The van der Waals surface area contributed by atoms with Crippen molar-refractivity contribution < 1.29 is 4.74 Å². The molecule has 0 radical (unpaired) electrons. The van der Waals surface area contributed by atoms with E-state index < -0.39 is 0 Å². The average Bonchev–Trinajstić information content (AvgIpc) is 2.36. The van der Waals surface area contributed by atoms with E-state index in [4.69, 9.17) is 17.0 Å². The van der Waals surface area contributed by atoms with E-state index in [0.717, 1.165) is 16.0 Å². The van der Waals surface area contributed by atoms with Crippen LogP contribution in [-0.4, -0.2) is 17.1 Å². The fraction of sp³-hybridized carbons (Fsp3) is 0.667. The summed E-state index contributed by atoms with van der Waals surface area (Å²) in [7, 11) is 1.68. The van der Waals surface area contributed by atoms with Crippen LogP contribution in [0.5, 0.6) is 0 Å². The van der Waals surface area contributed by atoms with E-state index in [-0.39, 0.29) is 0 Å². The molecule has 5 heteroatoms. The van der Waals surface area contributed by atoms with Gasteiger partial charge in [-0.25, -0.2) is 4.98 Å². The number of H-pyrrole nitrogens is 1. The van der Waals surface area contributed by atoms with Gasteiger partial charge in [-0.1, -0.05) is 31.5 Å². The molecule has 1 saturated carbocycles. The molecule has 1 fully saturated rings. The maximum atomic E-state index is 5.28. The van der Waals surface area contributed by atoms with Crippen LogP contribution in [0.2, 0.25) is 0 Å². The summed E-state index contributed by atoms with van der Waals surface area (Å²) >= 11 is 8.74. The van der Waals surface area contributed by atoms with Crippen LogP contribution in [0.25, 0.3) is 0 Å². The minimum atomic E-state index is 0.534. The number of rotatable bonds is 3.